The van der Waals surface area contributed by atoms with Crippen LogP contribution in [0.5, 0.6) is 5.75 Å². The Morgan fingerprint density at radius 3 is 2.90 bits per heavy atom. The van der Waals surface area contributed by atoms with Gasteiger partial charge in [0.05, 0.1) is 26.9 Å². The van der Waals surface area contributed by atoms with Gasteiger partial charge in [-0.25, -0.2) is 0 Å². The lowest BCUT2D eigenvalue weighted by Gasteiger charge is -2.38. The minimum absolute atomic E-state index is 0.383. The lowest BCUT2D eigenvalue weighted by molar-refractivity contribution is -0.190. The molecule has 1 aromatic carbocycles. The summed E-state index contributed by atoms with van der Waals surface area (Å²) in [6, 6.07) is 5.77. The molecule has 3 rings (SSSR count). The number of benzene rings is 1. The van der Waals surface area contributed by atoms with Crippen LogP contribution in [0.1, 0.15) is 18.4 Å². The van der Waals surface area contributed by atoms with Gasteiger partial charge >= 0.3 is 0 Å². The summed E-state index contributed by atoms with van der Waals surface area (Å²) in [6.07, 6.45) is 2.07. The van der Waals surface area contributed by atoms with Crippen LogP contribution < -0.4 is 10.5 Å². The van der Waals surface area contributed by atoms with E-state index in [1.807, 2.05) is 18.2 Å². The normalized spacial score (nSPS) is 22.2. The van der Waals surface area contributed by atoms with Crippen LogP contribution in [-0.2, 0) is 16.0 Å². The quantitative estimate of drug-likeness (QED) is 0.851. The summed E-state index contributed by atoms with van der Waals surface area (Å²) in [5.74, 6) is 0.498. The minimum Gasteiger partial charge on any atom is -0.496 e. The lowest BCUT2D eigenvalue weighted by Crippen LogP contribution is -2.48. The Bertz CT molecular complexity index is 472. The van der Waals surface area contributed by atoms with Crippen LogP contribution in [0.25, 0.3) is 0 Å². The molecule has 2 heterocycles. The van der Waals surface area contributed by atoms with Crippen LogP contribution in [0.2, 0.25) is 0 Å². The van der Waals surface area contributed by atoms with Gasteiger partial charge in [0.2, 0.25) is 0 Å². The Labute approximate surface area is 119 Å². The van der Waals surface area contributed by atoms with E-state index in [2.05, 4.69) is 4.90 Å². The highest BCUT2D eigenvalue weighted by atomic mass is 16.7. The van der Waals surface area contributed by atoms with Crippen molar-refractivity contribution in [2.75, 3.05) is 39.1 Å². The second kappa shape index (κ2) is 5.60. The van der Waals surface area contributed by atoms with E-state index in [4.69, 9.17) is 19.9 Å². The van der Waals surface area contributed by atoms with E-state index >= 15 is 0 Å². The van der Waals surface area contributed by atoms with Crippen molar-refractivity contribution >= 4 is 5.69 Å². The molecule has 0 radical (unpaired) electrons. The van der Waals surface area contributed by atoms with Gasteiger partial charge in [-0.3, -0.25) is 4.90 Å². The molecule has 5 nitrogen and oxygen atoms in total. The number of nitrogens with two attached hydrogens (primary N) is 1. The molecule has 2 aliphatic heterocycles. The predicted molar refractivity (Wildman–Crippen MR) is 76.6 cm³/mol. The van der Waals surface area contributed by atoms with E-state index in [0.29, 0.717) is 13.2 Å². The fourth-order valence-electron chi connectivity index (χ4n) is 3.10. The summed E-state index contributed by atoms with van der Waals surface area (Å²) in [5.41, 5.74) is 7.76. The number of ether oxygens (including phenoxy) is 3. The van der Waals surface area contributed by atoms with Crippen LogP contribution in [0, 0.1) is 0 Å². The zero-order valence-electron chi connectivity index (χ0n) is 11.9. The number of nitrogen functional groups attached to an aromatic ring is 1. The van der Waals surface area contributed by atoms with E-state index in [-0.39, 0.29) is 5.79 Å². The van der Waals surface area contributed by atoms with Crippen molar-refractivity contribution in [1.82, 2.24) is 4.90 Å². The van der Waals surface area contributed by atoms with E-state index in [1.54, 1.807) is 7.11 Å². The Kier molecular flexibility index (Phi) is 3.83. The first kappa shape index (κ1) is 13.7. The van der Waals surface area contributed by atoms with Crippen molar-refractivity contribution in [2.45, 2.75) is 25.2 Å². The van der Waals surface area contributed by atoms with E-state index in [9.17, 15) is 0 Å². The average Bonchev–Trinajstić information content (AvgIpc) is 2.87. The largest absolute Gasteiger partial charge is 0.496 e. The molecule has 1 spiro atoms. The van der Waals surface area contributed by atoms with Gasteiger partial charge in [-0.05, 0) is 31.2 Å². The highest BCUT2D eigenvalue weighted by Gasteiger charge is 2.40. The number of hydrogen-bond donors (Lipinski definition) is 1. The maximum atomic E-state index is 5.88. The average molecular weight is 278 g/mol. The van der Waals surface area contributed by atoms with Gasteiger partial charge in [0.1, 0.15) is 5.75 Å². The molecular weight excluding hydrogens is 256 g/mol. The first-order chi connectivity index (χ1) is 9.71. The van der Waals surface area contributed by atoms with Gasteiger partial charge in [0, 0.05) is 24.2 Å². The molecule has 20 heavy (non-hydrogen) atoms. The van der Waals surface area contributed by atoms with E-state index in [0.717, 1.165) is 49.5 Å². The van der Waals surface area contributed by atoms with Gasteiger partial charge in [-0.1, -0.05) is 0 Å². The lowest BCUT2D eigenvalue weighted by atomic mass is 10.0. The molecule has 0 saturated carbocycles. The van der Waals surface area contributed by atoms with Gasteiger partial charge in [-0.15, -0.1) is 0 Å². The maximum absolute atomic E-state index is 5.88. The smallest absolute Gasteiger partial charge is 0.181 e. The summed E-state index contributed by atoms with van der Waals surface area (Å²) in [7, 11) is 1.69. The summed E-state index contributed by atoms with van der Waals surface area (Å²) in [4.78, 5) is 2.35. The van der Waals surface area contributed by atoms with Crippen molar-refractivity contribution in [3.05, 3.63) is 23.8 Å². The molecule has 0 aliphatic carbocycles. The van der Waals surface area contributed by atoms with E-state index in [1.165, 1.54) is 0 Å². The molecular formula is C15H22N2O3. The monoisotopic (exact) mass is 278 g/mol. The number of methoxy groups -OCH3 is 1. The molecule has 0 aromatic heterocycles. The fraction of sp³-hybridized carbons (Fsp3) is 0.600. The fourth-order valence-corrected chi connectivity index (χ4v) is 3.10. The molecule has 2 saturated heterocycles. The standard InChI is InChI=1S/C15H22N2O3/c1-18-14-4-3-13(16)9-12(14)10-17-6-2-5-15(11-17)19-7-8-20-15/h3-4,9H,2,5-8,10-11,16H2,1H3. The minimum atomic E-state index is -0.383. The first-order valence-electron chi connectivity index (χ1n) is 7.13. The molecule has 5 heteroatoms. The van der Waals surface area contributed by atoms with Crippen molar-refractivity contribution in [3.63, 3.8) is 0 Å². The summed E-state index contributed by atoms with van der Waals surface area (Å²) >= 11 is 0. The predicted octanol–water partition coefficient (Wildman–Crippen LogP) is 1.62. The van der Waals surface area contributed by atoms with E-state index < -0.39 is 0 Å². The van der Waals surface area contributed by atoms with Crippen molar-refractivity contribution in [3.8, 4) is 5.75 Å². The third-order valence-corrected chi connectivity index (χ3v) is 4.01. The van der Waals surface area contributed by atoms with Gasteiger partial charge in [0.25, 0.3) is 0 Å². The number of hydrogen-bond acceptors (Lipinski definition) is 5. The van der Waals surface area contributed by atoms with Crippen LogP contribution >= 0.6 is 0 Å². The van der Waals surface area contributed by atoms with Crippen LogP contribution in [0.4, 0.5) is 5.69 Å². The van der Waals surface area contributed by atoms with Crippen molar-refractivity contribution in [2.24, 2.45) is 0 Å². The molecule has 0 amide bonds. The number of rotatable bonds is 3. The van der Waals surface area contributed by atoms with Gasteiger partial charge in [0.15, 0.2) is 5.79 Å². The molecule has 2 N–H and O–H groups in total. The summed E-state index contributed by atoms with van der Waals surface area (Å²) in [5, 5.41) is 0. The number of likely N-dealkylation sites (tertiary alicyclic amines) is 1. The highest BCUT2D eigenvalue weighted by molar-refractivity contribution is 5.47. The first-order valence-corrected chi connectivity index (χ1v) is 7.13. The van der Waals surface area contributed by atoms with Gasteiger partial charge < -0.3 is 19.9 Å². The SMILES string of the molecule is COc1ccc(N)cc1CN1CCCC2(C1)OCCO2. The zero-order valence-corrected chi connectivity index (χ0v) is 11.9. The molecule has 110 valence electrons. The third-order valence-electron chi connectivity index (χ3n) is 4.01. The Balaban J connectivity index is 1.72. The number of nitrogens with zero attached hydrogens (tertiary/aromatic N) is 1. The number of anilines is 1. The summed E-state index contributed by atoms with van der Waals surface area (Å²) < 4.78 is 17.0. The molecule has 1 aromatic rings. The van der Waals surface area contributed by atoms with Crippen molar-refractivity contribution in [1.29, 1.82) is 0 Å². The molecule has 2 aliphatic rings. The molecule has 2 fully saturated rings. The third kappa shape index (κ3) is 2.75. The summed E-state index contributed by atoms with van der Waals surface area (Å²) in [6.45, 7) is 4.07. The van der Waals surface area contributed by atoms with Gasteiger partial charge in [-0.2, -0.15) is 0 Å². The van der Waals surface area contributed by atoms with Crippen LogP contribution in [-0.4, -0.2) is 44.1 Å². The second-order valence-corrected chi connectivity index (χ2v) is 5.49. The maximum Gasteiger partial charge on any atom is 0.181 e. The number of piperidine rings is 1. The zero-order chi connectivity index (χ0) is 14.0. The second-order valence-electron chi connectivity index (χ2n) is 5.49. The topological polar surface area (TPSA) is 57.0 Å². The molecule has 0 unspecified atom stereocenters. The highest BCUT2D eigenvalue weighted by Crippen LogP contribution is 2.32. The molecule has 0 atom stereocenters. The Hall–Kier alpha value is -1.30. The molecule has 0 bridgehead atoms. The Morgan fingerprint density at radius 2 is 2.15 bits per heavy atom. The Morgan fingerprint density at radius 1 is 1.35 bits per heavy atom. The van der Waals surface area contributed by atoms with Crippen LogP contribution in [0.3, 0.4) is 0 Å². The van der Waals surface area contributed by atoms with Crippen molar-refractivity contribution < 1.29 is 14.2 Å². The van der Waals surface area contributed by atoms with Crippen LogP contribution in [0.15, 0.2) is 18.2 Å².